The number of aromatic amines is 1. The zero-order valence-electron chi connectivity index (χ0n) is 10.7. The summed E-state index contributed by atoms with van der Waals surface area (Å²) >= 11 is 0. The quantitative estimate of drug-likeness (QED) is 0.716. The van der Waals surface area contributed by atoms with E-state index >= 15 is 0 Å². The van der Waals surface area contributed by atoms with Gasteiger partial charge in [0, 0.05) is 18.8 Å². The highest BCUT2D eigenvalue weighted by Crippen LogP contribution is 2.23. The van der Waals surface area contributed by atoms with Crippen LogP contribution in [0, 0.1) is 5.92 Å². The second kappa shape index (κ2) is 5.40. The van der Waals surface area contributed by atoms with Crippen LogP contribution in [0.25, 0.3) is 0 Å². The van der Waals surface area contributed by atoms with Gasteiger partial charge in [0.2, 0.25) is 5.91 Å². The Kier molecular flexibility index (Phi) is 3.84. The number of likely N-dealkylation sites (tertiary alicyclic amines) is 1. The zero-order chi connectivity index (χ0) is 14.0. The van der Waals surface area contributed by atoms with Crippen molar-refractivity contribution in [2.75, 3.05) is 13.2 Å². The predicted molar refractivity (Wildman–Crippen MR) is 67.7 cm³/mol. The molecule has 0 aromatic carbocycles. The maximum absolute atomic E-state index is 12.1. The lowest BCUT2D eigenvalue weighted by molar-refractivity contribution is -0.133. The van der Waals surface area contributed by atoms with Crippen LogP contribution in [0.1, 0.15) is 13.3 Å². The summed E-state index contributed by atoms with van der Waals surface area (Å²) < 4.78 is 1.15. The lowest BCUT2D eigenvalue weighted by atomic mass is 10.0. The smallest absolute Gasteiger partial charge is 0.328 e. The molecule has 7 nitrogen and oxygen atoms in total. The van der Waals surface area contributed by atoms with Gasteiger partial charge in [-0.1, -0.05) is 6.92 Å². The Morgan fingerprint density at radius 1 is 1.53 bits per heavy atom. The number of nitrogens with zero attached hydrogens (tertiary/aromatic N) is 2. The molecule has 1 saturated heterocycles. The first-order chi connectivity index (χ1) is 9.02. The third kappa shape index (κ3) is 2.76. The van der Waals surface area contributed by atoms with E-state index in [9.17, 15) is 19.5 Å². The molecule has 19 heavy (non-hydrogen) atoms. The Hall–Kier alpha value is -1.89. The van der Waals surface area contributed by atoms with Crippen LogP contribution in [-0.2, 0) is 11.3 Å². The Morgan fingerprint density at radius 3 is 2.89 bits per heavy atom. The molecule has 1 amide bonds. The van der Waals surface area contributed by atoms with Crippen molar-refractivity contribution in [3.8, 4) is 0 Å². The summed E-state index contributed by atoms with van der Waals surface area (Å²) in [6, 6.07) is 1.01. The second-order valence-corrected chi connectivity index (χ2v) is 4.84. The van der Waals surface area contributed by atoms with Crippen LogP contribution in [0.15, 0.2) is 21.9 Å². The topological polar surface area (TPSA) is 95.4 Å². The van der Waals surface area contributed by atoms with E-state index in [0.29, 0.717) is 6.54 Å². The van der Waals surface area contributed by atoms with Crippen LogP contribution in [-0.4, -0.2) is 44.7 Å². The van der Waals surface area contributed by atoms with Gasteiger partial charge in [0.25, 0.3) is 5.56 Å². The third-order valence-electron chi connectivity index (χ3n) is 3.59. The van der Waals surface area contributed by atoms with Crippen molar-refractivity contribution in [2.24, 2.45) is 5.92 Å². The molecule has 0 saturated carbocycles. The van der Waals surface area contributed by atoms with Gasteiger partial charge < -0.3 is 10.0 Å². The van der Waals surface area contributed by atoms with Gasteiger partial charge in [0.1, 0.15) is 6.54 Å². The van der Waals surface area contributed by atoms with Crippen molar-refractivity contribution < 1.29 is 9.90 Å². The Balaban J connectivity index is 2.13. The maximum atomic E-state index is 12.1. The average molecular weight is 267 g/mol. The van der Waals surface area contributed by atoms with Gasteiger partial charge >= 0.3 is 5.69 Å². The summed E-state index contributed by atoms with van der Waals surface area (Å²) in [5.41, 5.74) is -1.09. The lowest BCUT2D eigenvalue weighted by Gasteiger charge is -2.25. The average Bonchev–Trinajstić information content (AvgIpc) is 2.74. The molecule has 7 heteroatoms. The largest absolute Gasteiger partial charge is 0.394 e. The summed E-state index contributed by atoms with van der Waals surface area (Å²) in [7, 11) is 0. The third-order valence-corrected chi connectivity index (χ3v) is 3.59. The van der Waals surface area contributed by atoms with Gasteiger partial charge in [-0.05, 0) is 12.3 Å². The summed E-state index contributed by atoms with van der Waals surface area (Å²) in [5, 5.41) is 9.30. The van der Waals surface area contributed by atoms with E-state index in [-0.39, 0.29) is 31.0 Å². The Morgan fingerprint density at radius 2 is 2.26 bits per heavy atom. The molecular formula is C12H17N3O4. The monoisotopic (exact) mass is 267 g/mol. The van der Waals surface area contributed by atoms with E-state index in [1.54, 1.807) is 4.90 Å². The van der Waals surface area contributed by atoms with E-state index < -0.39 is 11.2 Å². The molecule has 2 unspecified atom stereocenters. The van der Waals surface area contributed by atoms with E-state index in [1.165, 1.54) is 12.3 Å². The molecule has 0 aliphatic carbocycles. The first kappa shape index (κ1) is 13.5. The van der Waals surface area contributed by atoms with Crippen LogP contribution in [0.3, 0.4) is 0 Å². The minimum Gasteiger partial charge on any atom is -0.394 e. The number of H-pyrrole nitrogens is 1. The number of amides is 1. The molecule has 2 N–H and O–H groups in total. The van der Waals surface area contributed by atoms with Gasteiger partial charge in [-0.2, -0.15) is 0 Å². The summed E-state index contributed by atoms with van der Waals surface area (Å²) in [5.74, 6) is 0.0267. The number of rotatable bonds is 3. The van der Waals surface area contributed by atoms with E-state index in [2.05, 4.69) is 4.98 Å². The van der Waals surface area contributed by atoms with Crippen molar-refractivity contribution in [3.05, 3.63) is 33.1 Å². The number of carbonyl (C=O) groups excluding carboxylic acids is 1. The SMILES string of the molecule is CC1CCN(C(=O)Cn2ccc(=O)[nH]c2=O)C1CO. The zero-order valence-corrected chi connectivity index (χ0v) is 10.7. The van der Waals surface area contributed by atoms with Gasteiger partial charge in [0.15, 0.2) is 0 Å². The van der Waals surface area contributed by atoms with Gasteiger partial charge in [-0.25, -0.2) is 4.79 Å². The van der Waals surface area contributed by atoms with Crippen molar-refractivity contribution >= 4 is 5.91 Å². The first-order valence-corrected chi connectivity index (χ1v) is 6.23. The Labute approximate surface area is 109 Å². The molecule has 2 heterocycles. The van der Waals surface area contributed by atoms with E-state index in [4.69, 9.17) is 0 Å². The highest BCUT2D eigenvalue weighted by Gasteiger charge is 2.33. The van der Waals surface area contributed by atoms with Gasteiger partial charge in [0.05, 0.1) is 12.6 Å². The normalized spacial score (nSPS) is 22.7. The van der Waals surface area contributed by atoms with Crippen molar-refractivity contribution in [1.82, 2.24) is 14.5 Å². The van der Waals surface area contributed by atoms with Gasteiger partial charge in [-0.3, -0.25) is 19.1 Å². The number of hydrogen-bond acceptors (Lipinski definition) is 4. The highest BCUT2D eigenvalue weighted by molar-refractivity contribution is 5.76. The van der Waals surface area contributed by atoms with E-state index in [1.807, 2.05) is 6.92 Å². The second-order valence-electron chi connectivity index (χ2n) is 4.84. The minimum atomic E-state index is -0.603. The number of hydrogen-bond donors (Lipinski definition) is 2. The fraction of sp³-hybridized carbons (Fsp3) is 0.583. The minimum absolute atomic E-state index is 0.0760. The standard InChI is InChI=1S/C12H17N3O4/c1-8-2-5-15(9(8)7-16)11(18)6-14-4-3-10(17)13-12(14)19/h3-4,8-9,16H,2,5-7H2,1H3,(H,13,17,19). The maximum Gasteiger partial charge on any atom is 0.328 e. The van der Waals surface area contributed by atoms with Gasteiger partial charge in [-0.15, -0.1) is 0 Å². The number of aliphatic hydroxyl groups excluding tert-OH is 1. The molecule has 0 bridgehead atoms. The van der Waals surface area contributed by atoms with Crippen LogP contribution in [0.2, 0.25) is 0 Å². The predicted octanol–water partition coefficient (Wildman–Crippen LogP) is -1.23. The molecule has 0 radical (unpaired) electrons. The van der Waals surface area contributed by atoms with Crippen molar-refractivity contribution in [3.63, 3.8) is 0 Å². The number of aliphatic hydroxyl groups is 1. The van der Waals surface area contributed by atoms with Crippen LogP contribution < -0.4 is 11.2 Å². The van der Waals surface area contributed by atoms with Crippen molar-refractivity contribution in [1.29, 1.82) is 0 Å². The lowest BCUT2D eigenvalue weighted by Crippen LogP contribution is -2.43. The molecule has 2 rings (SSSR count). The number of carbonyl (C=O) groups is 1. The molecule has 0 spiro atoms. The number of nitrogens with one attached hydrogen (secondary N) is 1. The van der Waals surface area contributed by atoms with Crippen LogP contribution in [0.5, 0.6) is 0 Å². The molecule has 1 aromatic rings. The molecule has 1 aromatic heterocycles. The molecule has 1 aliphatic rings. The highest BCUT2D eigenvalue weighted by atomic mass is 16.3. The molecule has 1 aliphatic heterocycles. The summed E-state index contributed by atoms with van der Waals surface area (Å²) in [6.07, 6.45) is 2.14. The molecular weight excluding hydrogens is 250 g/mol. The summed E-state index contributed by atoms with van der Waals surface area (Å²) in [6.45, 7) is 2.37. The molecule has 2 atom stereocenters. The van der Waals surface area contributed by atoms with Crippen molar-refractivity contribution in [2.45, 2.75) is 25.9 Å². The fourth-order valence-electron chi connectivity index (χ4n) is 2.40. The summed E-state index contributed by atoms with van der Waals surface area (Å²) in [4.78, 5) is 38.3. The van der Waals surface area contributed by atoms with Crippen LogP contribution >= 0.6 is 0 Å². The Bertz CT molecular complexity index is 577. The molecule has 1 fully saturated rings. The van der Waals surface area contributed by atoms with Crippen LogP contribution in [0.4, 0.5) is 0 Å². The van der Waals surface area contributed by atoms with E-state index in [0.717, 1.165) is 11.0 Å². The first-order valence-electron chi connectivity index (χ1n) is 6.23. The fourth-order valence-corrected chi connectivity index (χ4v) is 2.40. The molecule has 104 valence electrons. The number of aromatic nitrogens is 2.